The fraction of sp³-hybridized carbons (Fsp3) is 0.895. The lowest BCUT2D eigenvalue weighted by atomic mass is 10.0. The first-order valence-corrected chi connectivity index (χ1v) is 22.1. The topological polar surface area (TPSA) is 133 Å². The second kappa shape index (κ2) is 35.4. The van der Waals surface area contributed by atoms with Crippen molar-refractivity contribution in [1.29, 1.82) is 0 Å². The monoisotopic (exact) mass is 716 g/mol. The number of carbonyl (C=O) groups excluding carboxylic acids is 2. The van der Waals surface area contributed by atoms with E-state index in [-0.39, 0.29) is 23.3 Å². The number of unbranched alkanes of at least 4 members (excludes halogenated alkanes) is 24. The molecule has 282 valence electrons. The molecule has 0 rings (SSSR count). The average molecular weight is 717 g/mol. The summed E-state index contributed by atoms with van der Waals surface area (Å²) < 4.78 is 0. The van der Waals surface area contributed by atoms with Crippen LogP contribution < -0.4 is 10.6 Å². The molecule has 2 amide bonds. The van der Waals surface area contributed by atoms with E-state index >= 15 is 0 Å². The molecule has 0 saturated heterocycles. The summed E-state index contributed by atoms with van der Waals surface area (Å²) in [6.45, 7) is 4.49. The van der Waals surface area contributed by atoms with Crippen LogP contribution in [0.25, 0.3) is 0 Å². The van der Waals surface area contributed by atoms with Gasteiger partial charge in [0.1, 0.15) is 12.1 Å². The number of rotatable bonds is 37. The molecule has 0 unspecified atom stereocenters. The standard InChI is InChI=1S/C38H72N2O6S2/c1-3-5-7-9-11-13-15-17-19-21-23-25-27-29-35(41)39-33(37(43)44)31-47-48-32-34(38(45)46)40-36(42)30-28-26-24-22-20-18-16-14-12-10-8-6-4-2/h33-34H,3-32H2,1-2H3,(H,39,41)(H,40,42)(H,43,44)(H,45,46)/t33-,34+. The molecule has 0 radical (unpaired) electrons. The van der Waals surface area contributed by atoms with Crippen molar-refractivity contribution in [3.05, 3.63) is 0 Å². The van der Waals surface area contributed by atoms with Gasteiger partial charge >= 0.3 is 11.9 Å². The summed E-state index contributed by atoms with van der Waals surface area (Å²) in [5.74, 6) is -2.52. The van der Waals surface area contributed by atoms with E-state index in [1.165, 1.54) is 150 Å². The summed E-state index contributed by atoms with van der Waals surface area (Å²) in [6, 6.07) is -2.07. The van der Waals surface area contributed by atoms with Gasteiger partial charge in [0.05, 0.1) is 0 Å². The lowest BCUT2D eigenvalue weighted by Gasteiger charge is -2.16. The third kappa shape index (κ3) is 31.8. The van der Waals surface area contributed by atoms with Crippen molar-refractivity contribution in [2.75, 3.05) is 11.5 Å². The number of carbonyl (C=O) groups is 4. The van der Waals surface area contributed by atoms with Crippen LogP contribution >= 0.6 is 21.6 Å². The number of hydrogen-bond donors (Lipinski definition) is 4. The Morgan fingerprint density at radius 1 is 0.417 bits per heavy atom. The van der Waals surface area contributed by atoms with Crippen molar-refractivity contribution in [3.63, 3.8) is 0 Å². The Morgan fingerprint density at radius 3 is 0.875 bits per heavy atom. The minimum atomic E-state index is -1.11. The molecular formula is C38H72N2O6S2. The number of carboxylic acid groups (broad SMARTS) is 2. The van der Waals surface area contributed by atoms with Crippen LogP contribution in [0.5, 0.6) is 0 Å². The molecule has 4 N–H and O–H groups in total. The van der Waals surface area contributed by atoms with Crippen LogP contribution in [-0.2, 0) is 19.2 Å². The lowest BCUT2D eigenvalue weighted by molar-refractivity contribution is -0.141. The molecule has 2 atom stereocenters. The fourth-order valence-electron chi connectivity index (χ4n) is 5.72. The van der Waals surface area contributed by atoms with E-state index in [0.29, 0.717) is 12.8 Å². The maximum absolute atomic E-state index is 12.3. The lowest BCUT2D eigenvalue weighted by Crippen LogP contribution is -2.43. The summed E-state index contributed by atoms with van der Waals surface area (Å²) >= 11 is 0. The van der Waals surface area contributed by atoms with Gasteiger partial charge in [-0.3, -0.25) is 9.59 Å². The Hall–Kier alpha value is -1.42. The van der Waals surface area contributed by atoms with Crippen LogP contribution in [-0.4, -0.2) is 57.6 Å². The summed E-state index contributed by atoms with van der Waals surface area (Å²) in [4.78, 5) is 48.0. The number of nitrogens with one attached hydrogen (secondary N) is 2. The fourth-order valence-corrected chi connectivity index (χ4v) is 8.03. The van der Waals surface area contributed by atoms with Crippen molar-refractivity contribution in [2.24, 2.45) is 0 Å². The molecule has 0 aliphatic rings. The highest BCUT2D eigenvalue weighted by atomic mass is 33.1. The van der Waals surface area contributed by atoms with Crippen molar-refractivity contribution in [1.82, 2.24) is 10.6 Å². The third-order valence-electron chi connectivity index (χ3n) is 8.83. The van der Waals surface area contributed by atoms with Crippen LogP contribution in [0.15, 0.2) is 0 Å². The first-order valence-electron chi connectivity index (χ1n) is 19.6. The van der Waals surface area contributed by atoms with Gasteiger partial charge < -0.3 is 20.8 Å². The van der Waals surface area contributed by atoms with Gasteiger partial charge in [0.25, 0.3) is 0 Å². The van der Waals surface area contributed by atoms with Crippen LogP contribution in [0.1, 0.15) is 194 Å². The van der Waals surface area contributed by atoms with E-state index in [4.69, 9.17) is 0 Å². The first-order chi connectivity index (χ1) is 23.3. The number of carboxylic acids is 2. The summed E-state index contributed by atoms with van der Waals surface area (Å²) in [6.07, 6.45) is 32.4. The molecule has 0 heterocycles. The number of amides is 2. The summed E-state index contributed by atoms with van der Waals surface area (Å²) in [7, 11) is 2.39. The molecule has 0 saturated carbocycles. The van der Waals surface area contributed by atoms with Crippen molar-refractivity contribution < 1.29 is 29.4 Å². The molecule has 10 heteroatoms. The second-order valence-electron chi connectivity index (χ2n) is 13.5. The zero-order chi connectivity index (χ0) is 35.5. The van der Waals surface area contributed by atoms with Crippen LogP contribution in [0.2, 0.25) is 0 Å². The molecule has 0 spiro atoms. The predicted molar refractivity (Wildman–Crippen MR) is 205 cm³/mol. The molecular weight excluding hydrogens is 645 g/mol. The Bertz CT molecular complexity index is 737. The van der Waals surface area contributed by atoms with Gasteiger partial charge in [-0.2, -0.15) is 0 Å². The van der Waals surface area contributed by atoms with Crippen LogP contribution in [0, 0.1) is 0 Å². The minimum absolute atomic E-state index is 0.115. The first kappa shape index (κ1) is 46.6. The maximum Gasteiger partial charge on any atom is 0.327 e. The highest BCUT2D eigenvalue weighted by molar-refractivity contribution is 8.76. The predicted octanol–water partition coefficient (Wildman–Crippen LogP) is 10.5. The number of hydrogen-bond acceptors (Lipinski definition) is 6. The normalized spacial score (nSPS) is 12.5. The van der Waals surface area contributed by atoms with Gasteiger partial charge in [0, 0.05) is 24.3 Å². The maximum atomic E-state index is 12.3. The van der Waals surface area contributed by atoms with E-state index in [2.05, 4.69) is 24.5 Å². The molecule has 0 aliphatic carbocycles. The van der Waals surface area contributed by atoms with Gasteiger partial charge in [-0.1, -0.05) is 190 Å². The Balaban J connectivity index is 3.93. The van der Waals surface area contributed by atoms with Gasteiger partial charge in [-0.15, -0.1) is 0 Å². The summed E-state index contributed by atoms with van der Waals surface area (Å²) in [5.41, 5.74) is 0. The van der Waals surface area contributed by atoms with E-state index in [1.54, 1.807) is 0 Å². The SMILES string of the molecule is CCCCCCCCCCCCCCCC(=O)N[C@@H](CSSC[C@@H](NC(=O)CCCCCCCCCCCCCCC)C(=O)O)C(=O)O. The Labute approximate surface area is 301 Å². The smallest absolute Gasteiger partial charge is 0.327 e. The molecule has 0 bridgehead atoms. The van der Waals surface area contributed by atoms with Gasteiger partial charge in [-0.05, 0) is 12.8 Å². The van der Waals surface area contributed by atoms with Gasteiger partial charge in [0.2, 0.25) is 11.8 Å². The average Bonchev–Trinajstić information content (AvgIpc) is 3.05. The quantitative estimate of drug-likeness (QED) is 0.0369. The summed E-state index contributed by atoms with van der Waals surface area (Å²) in [5, 5.41) is 24.3. The van der Waals surface area contributed by atoms with E-state index < -0.39 is 24.0 Å². The van der Waals surface area contributed by atoms with Crippen molar-refractivity contribution >= 4 is 45.3 Å². The largest absolute Gasteiger partial charge is 0.480 e. The second-order valence-corrected chi connectivity index (χ2v) is 16.0. The molecule has 48 heavy (non-hydrogen) atoms. The Kier molecular flexibility index (Phi) is 34.4. The molecule has 0 aliphatic heterocycles. The zero-order valence-electron chi connectivity index (χ0n) is 30.7. The highest BCUT2D eigenvalue weighted by Gasteiger charge is 2.23. The molecule has 0 aromatic heterocycles. The van der Waals surface area contributed by atoms with E-state index in [0.717, 1.165) is 38.5 Å². The van der Waals surface area contributed by atoms with Gasteiger partial charge in [-0.25, -0.2) is 9.59 Å². The van der Waals surface area contributed by atoms with Gasteiger partial charge in [0.15, 0.2) is 0 Å². The van der Waals surface area contributed by atoms with E-state index in [1.807, 2.05) is 0 Å². The minimum Gasteiger partial charge on any atom is -0.480 e. The van der Waals surface area contributed by atoms with Crippen molar-refractivity contribution in [2.45, 2.75) is 206 Å². The molecule has 0 aromatic rings. The Morgan fingerprint density at radius 2 is 0.646 bits per heavy atom. The molecule has 0 aromatic carbocycles. The van der Waals surface area contributed by atoms with Crippen molar-refractivity contribution in [3.8, 4) is 0 Å². The highest BCUT2D eigenvalue weighted by Crippen LogP contribution is 2.23. The van der Waals surface area contributed by atoms with Crippen LogP contribution in [0.4, 0.5) is 0 Å². The molecule has 0 fully saturated rings. The third-order valence-corrected chi connectivity index (χ3v) is 11.3. The molecule has 8 nitrogen and oxygen atoms in total. The zero-order valence-corrected chi connectivity index (χ0v) is 32.3. The van der Waals surface area contributed by atoms with E-state index in [9.17, 15) is 29.4 Å². The number of aliphatic carboxylic acids is 2. The van der Waals surface area contributed by atoms with Crippen LogP contribution in [0.3, 0.4) is 0 Å².